The largest absolute Gasteiger partial charge is 0.271 e. The number of alkyl halides is 1. The molecule has 2 atom stereocenters. The summed E-state index contributed by atoms with van der Waals surface area (Å²) in [4.78, 5) is 0. The summed E-state index contributed by atoms with van der Waals surface area (Å²) in [7, 11) is 1.53. The second kappa shape index (κ2) is 6.94. The fourth-order valence-corrected chi connectivity index (χ4v) is 5.39. The molecule has 0 saturated heterocycles. The summed E-state index contributed by atoms with van der Waals surface area (Å²) in [5.74, 6) is -3.48. The van der Waals surface area contributed by atoms with Crippen molar-refractivity contribution in [3.63, 3.8) is 0 Å². The van der Waals surface area contributed by atoms with Gasteiger partial charge < -0.3 is 0 Å². The Bertz CT molecular complexity index is 1120. The van der Waals surface area contributed by atoms with Crippen LogP contribution in [0.15, 0.2) is 24.3 Å². The first-order valence-corrected chi connectivity index (χ1v) is 10.0. The van der Waals surface area contributed by atoms with E-state index in [0.29, 0.717) is 17.8 Å². The van der Waals surface area contributed by atoms with Crippen molar-refractivity contribution < 1.29 is 22.0 Å². The van der Waals surface area contributed by atoms with Crippen molar-refractivity contribution in [3.8, 4) is 11.1 Å². The Labute approximate surface area is 181 Å². The number of aryl methyl sites for hydroxylation is 2. The van der Waals surface area contributed by atoms with Crippen LogP contribution in [-0.4, -0.2) is 16.0 Å². The van der Waals surface area contributed by atoms with E-state index >= 15 is 0 Å². The normalized spacial score (nSPS) is 20.9. The van der Waals surface area contributed by atoms with Gasteiger partial charge in [0.25, 0.3) is 0 Å². The molecular formula is C20H13ClF5IN2. The lowest BCUT2D eigenvalue weighted by Crippen LogP contribution is -2.22. The Morgan fingerprint density at radius 2 is 1.66 bits per heavy atom. The maximum atomic E-state index is 14.9. The molecule has 1 fully saturated rings. The topological polar surface area (TPSA) is 17.8 Å². The van der Waals surface area contributed by atoms with E-state index in [-0.39, 0.29) is 37.4 Å². The van der Waals surface area contributed by atoms with E-state index in [2.05, 4.69) is 5.10 Å². The van der Waals surface area contributed by atoms with Gasteiger partial charge in [-0.15, -0.1) is 0 Å². The van der Waals surface area contributed by atoms with E-state index in [1.165, 1.54) is 11.7 Å². The first kappa shape index (κ1) is 20.6. The summed E-state index contributed by atoms with van der Waals surface area (Å²) in [5, 5.41) is 4.06. The van der Waals surface area contributed by atoms with E-state index in [0.717, 1.165) is 12.1 Å². The van der Waals surface area contributed by atoms with Gasteiger partial charge in [0.15, 0.2) is 0 Å². The molecule has 1 aromatic heterocycles. The summed E-state index contributed by atoms with van der Waals surface area (Å²) in [6.45, 7) is 1.58. The van der Waals surface area contributed by atoms with Crippen LogP contribution in [0.5, 0.6) is 0 Å². The van der Waals surface area contributed by atoms with E-state index in [9.17, 15) is 22.0 Å². The highest BCUT2D eigenvalue weighted by Gasteiger charge is 2.63. The van der Waals surface area contributed by atoms with Crippen molar-refractivity contribution in [2.45, 2.75) is 24.9 Å². The van der Waals surface area contributed by atoms with Crippen molar-refractivity contribution >= 4 is 34.2 Å². The van der Waals surface area contributed by atoms with Gasteiger partial charge in [-0.1, -0.05) is 11.6 Å². The minimum Gasteiger partial charge on any atom is -0.271 e. The molecule has 0 N–H and O–H groups in total. The van der Waals surface area contributed by atoms with E-state index in [4.69, 9.17) is 11.6 Å². The maximum Gasteiger partial charge on any atom is 0.135 e. The van der Waals surface area contributed by atoms with Gasteiger partial charge in [0.05, 0.1) is 21.8 Å². The molecule has 29 heavy (non-hydrogen) atoms. The van der Waals surface area contributed by atoms with Crippen LogP contribution in [0.3, 0.4) is 0 Å². The predicted octanol–water partition coefficient (Wildman–Crippen LogP) is 6.24. The molecule has 0 spiro atoms. The van der Waals surface area contributed by atoms with E-state index in [1.807, 2.05) is 0 Å². The van der Waals surface area contributed by atoms with Crippen LogP contribution in [0.2, 0.25) is 5.02 Å². The minimum atomic E-state index is -1.49. The highest BCUT2D eigenvalue weighted by atomic mass is 127. The third-order valence-corrected chi connectivity index (χ3v) is 6.38. The van der Waals surface area contributed by atoms with Crippen LogP contribution in [0.1, 0.15) is 23.4 Å². The Balaban J connectivity index is 2.06. The zero-order valence-corrected chi connectivity index (χ0v) is 18.0. The van der Waals surface area contributed by atoms with Gasteiger partial charge in [-0.25, -0.2) is 22.0 Å². The first-order chi connectivity index (χ1) is 13.6. The van der Waals surface area contributed by atoms with Crippen LogP contribution in [0.25, 0.3) is 11.1 Å². The fourth-order valence-electron chi connectivity index (χ4n) is 4.06. The molecule has 1 aliphatic carbocycles. The minimum absolute atomic E-state index is 0.0186. The summed E-state index contributed by atoms with van der Waals surface area (Å²) >= 11 is 7.87. The Morgan fingerprint density at radius 3 is 2.21 bits per heavy atom. The van der Waals surface area contributed by atoms with Crippen molar-refractivity contribution in [2.75, 3.05) is 0 Å². The monoisotopic (exact) mass is 538 g/mol. The molecule has 3 aromatic rings. The molecule has 2 unspecified atom stereocenters. The summed E-state index contributed by atoms with van der Waals surface area (Å²) in [6.07, 6.45) is -1.58. The molecular weight excluding hydrogens is 526 g/mol. The molecule has 2 nitrogen and oxygen atoms in total. The van der Waals surface area contributed by atoms with Gasteiger partial charge in [-0.3, -0.25) is 4.68 Å². The summed E-state index contributed by atoms with van der Waals surface area (Å²) in [6, 6.07) is 3.43. The fraction of sp³-hybridized carbons (Fsp3) is 0.250. The van der Waals surface area contributed by atoms with Crippen molar-refractivity contribution in [1.29, 1.82) is 0 Å². The summed E-state index contributed by atoms with van der Waals surface area (Å²) < 4.78 is 73.2. The average molecular weight is 539 g/mol. The smallest absolute Gasteiger partial charge is 0.135 e. The van der Waals surface area contributed by atoms with Crippen LogP contribution in [0, 0.1) is 33.8 Å². The highest BCUT2D eigenvalue weighted by molar-refractivity contribution is 14.1. The molecule has 0 aliphatic heterocycles. The van der Waals surface area contributed by atoms with Crippen LogP contribution < -0.4 is 0 Å². The molecule has 1 saturated carbocycles. The number of hydrogen-bond donors (Lipinski definition) is 0. The predicted molar refractivity (Wildman–Crippen MR) is 108 cm³/mol. The lowest BCUT2D eigenvalue weighted by Gasteiger charge is -2.22. The average Bonchev–Trinajstić information content (AvgIpc) is 3.12. The Kier molecular flexibility index (Phi) is 4.92. The van der Waals surface area contributed by atoms with Crippen LogP contribution in [-0.2, 0) is 12.5 Å². The zero-order chi connectivity index (χ0) is 21.2. The quantitative estimate of drug-likeness (QED) is 0.285. The first-order valence-electron chi connectivity index (χ1n) is 8.56. The van der Waals surface area contributed by atoms with Gasteiger partial charge in [0, 0.05) is 39.4 Å². The van der Waals surface area contributed by atoms with Gasteiger partial charge in [-0.2, -0.15) is 5.10 Å². The van der Waals surface area contributed by atoms with Gasteiger partial charge >= 0.3 is 0 Å². The second-order valence-electron chi connectivity index (χ2n) is 7.06. The standard InChI is InChI=1S/C20H13ClF5IN2/c1-8-16(17-11(21)3-9(22)4-12(17)24)19(29(2)28-8)20(7-15(20)26)18-13(25)5-10(23)6-14(18)27/h3-6,15H,7H2,1-2H3. The molecule has 0 amide bonds. The van der Waals surface area contributed by atoms with Gasteiger partial charge in [0.1, 0.15) is 29.4 Å². The Morgan fingerprint density at radius 1 is 1.07 bits per heavy atom. The van der Waals surface area contributed by atoms with Crippen LogP contribution in [0.4, 0.5) is 22.0 Å². The molecule has 1 aliphatic rings. The third kappa shape index (κ3) is 3.06. The van der Waals surface area contributed by atoms with Crippen LogP contribution >= 0.6 is 34.2 Å². The number of nitrogens with zero attached hydrogens (tertiary/aromatic N) is 2. The molecule has 0 bridgehead atoms. The van der Waals surface area contributed by atoms with Gasteiger partial charge in [0.2, 0.25) is 0 Å². The molecule has 9 heteroatoms. The zero-order valence-electron chi connectivity index (χ0n) is 15.1. The second-order valence-corrected chi connectivity index (χ2v) is 8.63. The lowest BCUT2D eigenvalue weighted by atomic mass is 9.86. The molecule has 0 radical (unpaired) electrons. The van der Waals surface area contributed by atoms with Crippen molar-refractivity contribution in [3.05, 3.63) is 73.1 Å². The SMILES string of the molecule is Cc1nn(C)c(C2(c3c(F)cc(F)cc3I)CC2F)c1-c1c(F)cc(F)cc1Cl. The van der Waals surface area contributed by atoms with Gasteiger partial charge in [-0.05, 0) is 48.1 Å². The number of halogens is 7. The Hall–Kier alpha value is -1.68. The lowest BCUT2D eigenvalue weighted by molar-refractivity contribution is 0.424. The molecule has 4 rings (SSSR count). The molecule has 2 aromatic carbocycles. The number of rotatable bonds is 3. The van der Waals surface area contributed by atoms with E-state index < -0.39 is 34.9 Å². The molecule has 1 heterocycles. The van der Waals surface area contributed by atoms with Crippen molar-refractivity contribution in [1.82, 2.24) is 9.78 Å². The third-order valence-electron chi connectivity index (χ3n) is 5.23. The number of aromatic nitrogens is 2. The highest BCUT2D eigenvalue weighted by Crippen LogP contribution is 2.60. The maximum absolute atomic E-state index is 14.9. The van der Waals surface area contributed by atoms with E-state index in [1.54, 1.807) is 29.5 Å². The number of hydrogen-bond acceptors (Lipinski definition) is 1. The van der Waals surface area contributed by atoms with Crippen molar-refractivity contribution in [2.24, 2.45) is 7.05 Å². The summed E-state index contributed by atoms with van der Waals surface area (Å²) in [5.41, 5.74) is -0.928. The molecule has 152 valence electrons. The number of benzene rings is 2.